The first-order chi connectivity index (χ1) is 15.0. The van der Waals surface area contributed by atoms with Gasteiger partial charge in [-0.05, 0) is 24.9 Å². The molecule has 1 N–H and O–H groups in total. The van der Waals surface area contributed by atoms with E-state index in [1.54, 1.807) is 0 Å². The molecule has 0 amide bonds. The predicted molar refractivity (Wildman–Crippen MR) is 132 cm³/mol. The molecule has 6 heteroatoms. The van der Waals surface area contributed by atoms with Crippen molar-refractivity contribution >= 4 is 5.96 Å². The van der Waals surface area contributed by atoms with Gasteiger partial charge in [0.05, 0.1) is 0 Å². The Morgan fingerprint density at radius 1 is 0.935 bits per heavy atom. The zero-order chi connectivity index (χ0) is 22.2. The molecule has 1 aromatic carbocycles. The number of guanidine groups is 1. The monoisotopic (exact) mass is 428 g/mol. The van der Waals surface area contributed by atoms with Gasteiger partial charge in [-0.15, -0.1) is 0 Å². The van der Waals surface area contributed by atoms with Gasteiger partial charge in [-0.1, -0.05) is 51.1 Å². The number of rotatable bonds is 7. The number of hydrogen-bond donors (Lipinski definition) is 1. The average molecular weight is 429 g/mol. The lowest BCUT2D eigenvalue weighted by Crippen LogP contribution is -2.57. The average Bonchev–Trinajstić information content (AvgIpc) is 2.79. The molecule has 31 heavy (non-hydrogen) atoms. The van der Waals surface area contributed by atoms with Crippen LogP contribution < -0.4 is 5.32 Å². The normalized spacial score (nSPS) is 22.0. The maximum Gasteiger partial charge on any atom is 0.193 e. The van der Waals surface area contributed by atoms with Crippen LogP contribution in [0.5, 0.6) is 0 Å². The second-order valence-electron chi connectivity index (χ2n) is 9.44. The summed E-state index contributed by atoms with van der Waals surface area (Å²) in [7, 11) is 4.15. The topological polar surface area (TPSA) is 37.4 Å². The van der Waals surface area contributed by atoms with Crippen molar-refractivity contribution in [1.82, 2.24) is 24.9 Å². The van der Waals surface area contributed by atoms with E-state index in [-0.39, 0.29) is 0 Å². The van der Waals surface area contributed by atoms with Crippen LogP contribution in [0.25, 0.3) is 0 Å². The number of hydrogen-bond acceptors (Lipinski definition) is 4. The van der Waals surface area contributed by atoms with Crippen molar-refractivity contribution in [3.8, 4) is 0 Å². The first kappa shape index (κ1) is 24.0. The summed E-state index contributed by atoms with van der Waals surface area (Å²) in [5.41, 5.74) is 1.44. The third kappa shape index (κ3) is 6.43. The van der Waals surface area contributed by atoms with Gasteiger partial charge in [0.2, 0.25) is 0 Å². The fourth-order valence-corrected chi connectivity index (χ4v) is 5.09. The van der Waals surface area contributed by atoms with E-state index in [1.165, 1.54) is 18.7 Å². The van der Waals surface area contributed by atoms with Crippen molar-refractivity contribution in [2.45, 2.75) is 39.3 Å². The number of nitrogens with zero attached hydrogens (tertiary/aromatic N) is 5. The number of likely N-dealkylation sites (N-methyl/N-ethyl adjacent to an activating group) is 1. The van der Waals surface area contributed by atoms with Crippen molar-refractivity contribution in [3.63, 3.8) is 0 Å². The molecule has 0 aliphatic carbocycles. The molecule has 2 atom stereocenters. The Bertz CT molecular complexity index is 660. The fourth-order valence-electron chi connectivity index (χ4n) is 5.09. The number of nitrogens with one attached hydrogen (secondary N) is 1. The van der Waals surface area contributed by atoms with Gasteiger partial charge in [0.25, 0.3) is 0 Å². The van der Waals surface area contributed by atoms with Gasteiger partial charge < -0.3 is 15.1 Å². The van der Waals surface area contributed by atoms with E-state index in [9.17, 15) is 0 Å². The van der Waals surface area contributed by atoms with Gasteiger partial charge in [-0.3, -0.25) is 14.8 Å². The Morgan fingerprint density at radius 2 is 1.55 bits per heavy atom. The summed E-state index contributed by atoms with van der Waals surface area (Å²) in [5, 5.41) is 3.72. The summed E-state index contributed by atoms with van der Waals surface area (Å²) in [6, 6.07) is 12.0. The molecule has 2 heterocycles. The summed E-state index contributed by atoms with van der Waals surface area (Å²) in [5.74, 6) is 1.69. The molecule has 2 aliphatic heterocycles. The van der Waals surface area contributed by atoms with Gasteiger partial charge in [-0.2, -0.15) is 0 Å². The molecule has 3 rings (SSSR count). The van der Waals surface area contributed by atoms with E-state index in [1.807, 2.05) is 7.05 Å². The molecule has 2 aliphatic rings. The second kappa shape index (κ2) is 11.8. The number of benzene rings is 1. The SMILES string of the molecule is CCC(c1ccccc1)N1CCN(C(=NC)NCC(C(C)C)N2CCN(C)CC2)CC1. The number of aliphatic imine (C=N–C) groups is 1. The van der Waals surface area contributed by atoms with E-state index in [0.29, 0.717) is 18.0 Å². The highest BCUT2D eigenvalue weighted by molar-refractivity contribution is 5.80. The van der Waals surface area contributed by atoms with Crippen molar-refractivity contribution in [3.05, 3.63) is 35.9 Å². The van der Waals surface area contributed by atoms with Crippen LogP contribution in [0.4, 0.5) is 0 Å². The highest BCUT2D eigenvalue weighted by Crippen LogP contribution is 2.25. The first-order valence-electron chi connectivity index (χ1n) is 12.2. The van der Waals surface area contributed by atoms with E-state index in [0.717, 1.165) is 58.2 Å². The molecule has 1 aromatic rings. The molecular weight excluding hydrogens is 384 g/mol. The quantitative estimate of drug-likeness (QED) is 0.534. The zero-order valence-corrected chi connectivity index (χ0v) is 20.4. The molecule has 0 bridgehead atoms. The fraction of sp³-hybridized carbons (Fsp3) is 0.720. The van der Waals surface area contributed by atoms with Gasteiger partial charge in [0, 0.05) is 78.0 Å². The summed E-state index contributed by atoms with van der Waals surface area (Å²) in [6.07, 6.45) is 1.15. The van der Waals surface area contributed by atoms with Crippen LogP contribution in [0.2, 0.25) is 0 Å². The van der Waals surface area contributed by atoms with E-state index in [4.69, 9.17) is 0 Å². The van der Waals surface area contributed by atoms with Crippen molar-refractivity contribution in [2.75, 3.05) is 73.0 Å². The standard InChI is InChI=1S/C25H44N6/c1-6-23(22-10-8-7-9-11-22)29-16-18-31(19-17-29)25(26-4)27-20-24(21(2)3)30-14-12-28(5)13-15-30/h7-11,21,23-24H,6,12-20H2,1-5H3,(H,26,27). The van der Waals surface area contributed by atoms with Crippen molar-refractivity contribution < 1.29 is 0 Å². The molecule has 0 radical (unpaired) electrons. The maximum absolute atomic E-state index is 4.63. The van der Waals surface area contributed by atoms with Crippen LogP contribution in [-0.2, 0) is 0 Å². The number of piperazine rings is 2. The van der Waals surface area contributed by atoms with Crippen LogP contribution in [0.15, 0.2) is 35.3 Å². The summed E-state index contributed by atoms with van der Waals surface area (Å²) >= 11 is 0. The summed E-state index contributed by atoms with van der Waals surface area (Å²) in [4.78, 5) is 14.8. The van der Waals surface area contributed by atoms with Crippen LogP contribution in [-0.4, -0.2) is 105 Å². The highest BCUT2D eigenvalue weighted by atomic mass is 15.4. The molecule has 2 unspecified atom stereocenters. The van der Waals surface area contributed by atoms with Gasteiger partial charge in [0.1, 0.15) is 0 Å². The second-order valence-corrected chi connectivity index (χ2v) is 9.44. The minimum Gasteiger partial charge on any atom is -0.355 e. The van der Waals surface area contributed by atoms with Crippen molar-refractivity contribution in [1.29, 1.82) is 0 Å². The van der Waals surface area contributed by atoms with Gasteiger partial charge in [-0.25, -0.2) is 0 Å². The summed E-state index contributed by atoms with van der Waals surface area (Å²) < 4.78 is 0. The zero-order valence-electron chi connectivity index (χ0n) is 20.4. The Balaban J connectivity index is 1.52. The highest BCUT2D eigenvalue weighted by Gasteiger charge is 2.28. The smallest absolute Gasteiger partial charge is 0.193 e. The summed E-state index contributed by atoms with van der Waals surface area (Å²) in [6.45, 7) is 16.9. The lowest BCUT2D eigenvalue weighted by Gasteiger charge is -2.42. The molecular formula is C25H44N6. The lowest BCUT2D eigenvalue weighted by molar-refractivity contribution is 0.0887. The minimum absolute atomic E-state index is 0.515. The molecule has 174 valence electrons. The largest absolute Gasteiger partial charge is 0.355 e. The van der Waals surface area contributed by atoms with Crippen LogP contribution >= 0.6 is 0 Å². The predicted octanol–water partition coefficient (Wildman–Crippen LogP) is 2.60. The van der Waals surface area contributed by atoms with E-state index < -0.39 is 0 Å². The third-order valence-electron chi connectivity index (χ3n) is 7.08. The Labute approximate surface area is 190 Å². The van der Waals surface area contributed by atoms with Gasteiger partial charge >= 0.3 is 0 Å². The van der Waals surface area contributed by atoms with Crippen LogP contribution in [0, 0.1) is 5.92 Å². The maximum atomic E-state index is 4.63. The van der Waals surface area contributed by atoms with Gasteiger partial charge in [0.15, 0.2) is 5.96 Å². The molecule has 2 fully saturated rings. The molecule has 0 aromatic heterocycles. The Hall–Kier alpha value is -1.63. The lowest BCUT2D eigenvalue weighted by atomic mass is 10.0. The third-order valence-corrected chi connectivity index (χ3v) is 7.08. The van der Waals surface area contributed by atoms with Crippen LogP contribution in [0.3, 0.4) is 0 Å². The molecule has 2 saturated heterocycles. The Kier molecular flexibility index (Phi) is 9.17. The van der Waals surface area contributed by atoms with E-state index in [2.05, 4.69) is 88.1 Å². The van der Waals surface area contributed by atoms with E-state index >= 15 is 0 Å². The first-order valence-corrected chi connectivity index (χ1v) is 12.2. The Morgan fingerprint density at radius 3 is 2.10 bits per heavy atom. The van der Waals surface area contributed by atoms with Crippen molar-refractivity contribution in [2.24, 2.45) is 10.9 Å². The minimum atomic E-state index is 0.515. The molecule has 0 spiro atoms. The van der Waals surface area contributed by atoms with Crippen LogP contribution in [0.1, 0.15) is 38.8 Å². The molecule has 0 saturated carbocycles. The molecule has 6 nitrogen and oxygen atoms in total.